The Labute approximate surface area is 298 Å². The first kappa shape index (κ1) is 36.6. The molecule has 0 saturated heterocycles. The third kappa shape index (κ3) is 7.85. The minimum atomic E-state index is -0.435. The fraction of sp³-hybridized carbons (Fsp3) is 0.368. The molecular formula is C38H44ClN3O8. The van der Waals surface area contributed by atoms with Crippen molar-refractivity contribution in [1.29, 1.82) is 0 Å². The number of aryl methyl sites for hydroxylation is 3. The maximum atomic E-state index is 11.4. The average Bonchev–Trinajstić information content (AvgIpc) is 3.11. The Morgan fingerprint density at radius 1 is 0.800 bits per heavy atom. The molecule has 12 heteroatoms. The molecule has 266 valence electrons. The van der Waals surface area contributed by atoms with Crippen molar-refractivity contribution in [3.63, 3.8) is 0 Å². The summed E-state index contributed by atoms with van der Waals surface area (Å²) in [5, 5.41) is 15.2. The number of benzene rings is 4. The molecule has 1 N–H and O–H groups in total. The molecule has 11 nitrogen and oxygen atoms in total. The molecule has 0 saturated carbocycles. The minimum absolute atomic E-state index is 0.0234. The number of nitrogens with one attached hydrogen (secondary N) is 1. The summed E-state index contributed by atoms with van der Waals surface area (Å²) < 4.78 is 35.6. The van der Waals surface area contributed by atoms with Crippen LogP contribution in [0.4, 0.5) is 5.69 Å². The van der Waals surface area contributed by atoms with Gasteiger partial charge in [-0.25, -0.2) is 0 Å². The molecule has 0 aromatic heterocycles. The highest BCUT2D eigenvalue weighted by Crippen LogP contribution is 2.51. The fourth-order valence-corrected chi connectivity index (χ4v) is 6.61. The highest BCUT2D eigenvalue weighted by molar-refractivity contribution is 6.33. The van der Waals surface area contributed by atoms with Gasteiger partial charge in [0.2, 0.25) is 5.75 Å². The van der Waals surface area contributed by atoms with Gasteiger partial charge < -0.3 is 38.6 Å². The van der Waals surface area contributed by atoms with Crippen molar-refractivity contribution in [2.45, 2.75) is 39.2 Å². The van der Waals surface area contributed by atoms with E-state index in [0.717, 1.165) is 66.6 Å². The predicted octanol–water partition coefficient (Wildman–Crippen LogP) is 7.71. The van der Waals surface area contributed by atoms with Gasteiger partial charge in [0.25, 0.3) is 5.69 Å². The molecule has 0 aliphatic carbocycles. The van der Waals surface area contributed by atoms with Crippen molar-refractivity contribution in [2.75, 3.05) is 55.6 Å². The molecule has 0 amide bonds. The van der Waals surface area contributed by atoms with E-state index in [4.69, 9.17) is 40.0 Å². The van der Waals surface area contributed by atoms with Gasteiger partial charge in [0, 0.05) is 24.2 Å². The monoisotopic (exact) mass is 705 g/mol. The SMILES string of the molecule is CNCCc1cc(OC)c(Oc2c3c(c(Cl)c(OC)c2OC)CCN(C)C3)cc1CCc1ccc(Oc2cc(C)c([N+](=O)[O-])cc2OC)cc1. The van der Waals surface area contributed by atoms with E-state index in [2.05, 4.69) is 29.4 Å². The minimum Gasteiger partial charge on any atom is -0.493 e. The lowest BCUT2D eigenvalue weighted by Crippen LogP contribution is -2.27. The van der Waals surface area contributed by atoms with E-state index in [1.54, 1.807) is 34.3 Å². The molecule has 1 aliphatic rings. The van der Waals surface area contributed by atoms with Crippen LogP contribution in [-0.4, -0.2) is 65.4 Å². The first-order valence-corrected chi connectivity index (χ1v) is 16.8. The number of nitro groups is 1. The van der Waals surface area contributed by atoms with Gasteiger partial charge in [-0.3, -0.25) is 10.1 Å². The number of hydrogen-bond acceptors (Lipinski definition) is 10. The Bertz CT molecular complexity index is 1850. The quantitative estimate of drug-likeness (QED) is 0.0975. The Balaban J connectivity index is 1.43. The van der Waals surface area contributed by atoms with E-state index in [-0.39, 0.29) is 5.69 Å². The zero-order valence-electron chi connectivity index (χ0n) is 29.6. The Morgan fingerprint density at radius 2 is 1.44 bits per heavy atom. The smallest absolute Gasteiger partial charge is 0.276 e. The van der Waals surface area contributed by atoms with Crippen LogP contribution in [-0.2, 0) is 32.2 Å². The predicted molar refractivity (Wildman–Crippen MR) is 194 cm³/mol. The largest absolute Gasteiger partial charge is 0.493 e. The summed E-state index contributed by atoms with van der Waals surface area (Å²) in [6.07, 6.45) is 3.08. The number of ether oxygens (including phenoxy) is 6. The highest BCUT2D eigenvalue weighted by atomic mass is 35.5. The van der Waals surface area contributed by atoms with Crippen LogP contribution >= 0.6 is 11.6 Å². The van der Waals surface area contributed by atoms with Gasteiger partial charge in [0.1, 0.15) is 5.75 Å². The highest BCUT2D eigenvalue weighted by Gasteiger charge is 2.30. The van der Waals surface area contributed by atoms with Crippen LogP contribution in [0.15, 0.2) is 48.5 Å². The van der Waals surface area contributed by atoms with E-state index in [1.807, 2.05) is 31.3 Å². The molecule has 50 heavy (non-hydrogen) atoms. The number of nitrogens with zero attached hydrogens (tertiary/aromatic N) is 2. The van der Waals surface area contributed by atoms with Crippen LogP contribution in [0.5, 0.6) is 46.0 Å². The molecule has 5 rings (SSSR count). The van der Waals surface area contributed by atoms with Gasteiger partial charge in [0.15, 0.2) is 34.5 Å². The van der Waals surface area contributed by atoms with E-state index >= 15 is 0 Å². The number of methoxy groups -OCH3 is 4. The van der Waals surface area contributed by atoms with Gasteiger partial charge in [0.05, 0.1) is 44.5 Å². The molecule has 0 spiro atoms. The molecule has 0 fully saturated rings. The van der Waals surface area contributed by atoms with Gasteiger partial charge in [-0.2, -0.15) is 0 Å². The van der Waals surface area contributed by atoms with Crippen molar-refractivity contribution >= 4 is 17.3 Å². The molecule has 0 radical (unpaired) electrons. The van der Waals surface area contributed by atoms with Gasteiger partial charge in [-0.15, -0.1) is 0 Å². The van der Waals surface area contributed by atoms with Crippen molar-refractivity contribution in [3.8, 4) is 46.0 Å². The topological polar surface area (TPSA) is 114 Å². The first-order chi connectivity index (χ1) is 24.1. The van der Waals surface area contributed by atoms with Crippen LogP contribution in [0.3, 0.4) is 0 Å². The number of rotatable bonds is 15. The van der Waals surface area contributed by atoms with Crippen LogP contribution in [0.25, 0.3) is 0 Å². The summed E-state index contributed by atoms with van der Waals surface area (Å²) in [6, 6.07) is 14.9. The summed E-state index contributed by atoms with van der Waals surface area (Å²) in [5.41, 5.74) is 5.83. The first-order valence-electron chi connectivity index (χ1n) is 16.4. The average molecular weight is 706 g/mol. The van der Waals surface area contributed by atoms with Crippen molar-refractivity contribution in [3.05, 3.63) is 97.0 Å². The van der Waals surface area contributed by atoms with Gasteiger partial charge >= 0.3 is 0 Å². The van der Waals surface area contributed by atoms with Crippen molar-refractivity contribution in [1.82, 2.24) is 10.2 Å². The van der Waals surface area contributed by atoms with Crippen molar-refractivity contribution in [2.24, 2.45) is 0 Å². The normalized spacial score (nSPS) is 12.6. The molecule has 0 unspecified atom stereocenters. The van der Waals surface area contributed by atoms with Crippen LogP contribution in [0.1, 0.15) is 33.4 Å². The van der Waals surface area contributed by atoms with Gasteiger partial charge in [-0.1, -0.05) is 23.7 Å². The third-order valence-electron chi connectivity index (χ3n) is 8.95. The molecule has 1 aliphatic heterocycles. The number of hydrogen-bond donors (Lipinski definition) is 1. The van der Waals surface area contributed by atoms with E-state index < -0.39 is 4.92 Å². The standard InChI is InChI=1S/C38H44ClN3O8/c1-23-18-33(32(46-5)21-30(23)42(43)44)49-27-12-9-24(10-13-27)8-11-25-20-34(31(45-4)19-26(25)14-16-40-2)50-36-29-22-41(3)17-15-28(29)35(39)37(47-6)38(36)48-7/h9-10,12-13,18-21,40H,8,11,14-17,22H2,1-7H3. The van der Waals surface area contributed by atoms with Crippen LogP contribution < -0.4 is 33.7 Å². The third-order valence-corrected chi connectivity index (χ3v) is 9.35. The molecule has 4 aromatic rings. The maximum absolute atomic E-state index is 11.4. The molecular weight excluding hydrogens is 662 g/mol. The number of likely N-dealkylation sites (N-methyl/N-ethyl adjacent to an activating group) is 2. The summed E-state index contributed by atoms with van der Waals surface area (Å²) in [6.45, 7) is 3.99. The second-order valence-corrected chi connectivity index (χ2v) is 12.6. The summed E-state index contributed by atoms with van der Waals surface area (Å²) in [5.74, 6) is 3.95. The second-order valence-electron chi connectivity index (χ2n) is 12.2. The number of fused-ring (bicyclic) bond motifs is 1. The lowest BCUT2D eigenvalue weighted by Gasteiger charge is -2.30. The molecule has 0 bridgehead atoms. The zero-order valence-corrected chi connectivity index (χ0v) is 30.4. The number of halogens is 1. The molecule has 0 atom stereocenters. The van der Waals surface area contributed by atoms with Gasteiger partial charge in [-0.05, 0) is 106 Å². The second kappa shape index (κ2) is 16.3. The zero-order chi connectivity index (χ0) is 35.9. The number of nitro benzene ring substituents is 1. The molecule has 1 heterocycles. The van der Waals surface area contributed by atoms with E-state index in [1.165, 1.54) is 13.2 Å². The van der Waals surface area contributed by atoms with Crippen molar-refractivity contribution < 1.29 is 33.3 Å². The summed E-state index contributed by atoms with van der Waals surface area (Å²) in [4.78, 5) is 13.2. The summed E-state index contributed by atoms with van der Waals surface area (Å²) in [7, 11) is 10.3. The summed E-state index contributed by atoms with van der Waals surface area (Å²) >= 11 is 6.83. The Morgan fingerprint density at radius 3 is 2.08 bits per heavy atom. The lowest BCUT2D eigenvalue weighted by atomic mass is 9.96. The Hall–Kier alpha value is -4.71. The lowest BCUT2D eigenvalue weighted by molar-refractivity contribution is -0.385. The van der Waals surface area contributed by atoms with E-state index in [9.17, 15) is 10.1 Å². The Kier molecular flexibility index (Phi) is 11.9. The maximum Gasteiger partial charge on any atom is 0.276 e. The van der Waals surface area contributed by atoms with E-state index in [0.29, 0.717) is 63.1 Å². The van der Waals surface area contributed by atoms with Crippen LogP contribution in [0, 0.1) is 17.0 Å². The van der Waals surface area contributed by atoms with Crippen LogP contribution in [0.2, 0.25) is 5.02 Å². The fourth-order valence-electron chi connectivity index (χ4n) is 6.24. The molecule has 4 aromatic carbocycles.